The third kappa shape index (κ3) is 7.93. The summed E-state index contributed by atoms with van der Waals surface area (Å²) in [7, 11) is 2.76. The highest BCUT2D eigenvalue weighted by Crippen LogP contribution is 2.48. The molecule has 7 nitrogen and oxygen atoms in total. The number of esters is 2. The highest BCUT2D eigenvalue weighted by atomic mass is 16.7. The highest BCUT2D eigenvalue weighted by molar-refractivity contribution is 5.83. The van der Waals surface area contributed by atoms with E-state index in [2.05, 4.69) is 13.5 Å². The van der Waals surface area contributed by atoms with Crippen LogP contribution in [0.1, 0.15) is 72.1 Å². The lowest BCUT2D eigenvalue weighted by molar-refractivity contribution is -0.335. The maximum Gasteiger partial charge on any atom is 0.330 e. The second-order valence-electron chi connectivity index (χ2n) is 8.83. The van der Waals surface area contributed by atoms with Crippen molar-refractivity contribution < 1.29 is 33.3 Å². The molecule has 1 unspecified atom stereocenters. The molecule has 1 aliphatic heterocycles. The fraction of sp³-hybridized carbons (Fsp3) is 0.654. The number of allylic oxidation sites excluding steroid dienone is 1. The molecule has 3 atom stereocenters. The van der Waals surface area contributed by atoms with E-state index in [9.17, 15) is 14.4 Å². The molecular formula is C26H40O7. The van der Waals surface area contributed by atoms with E-state index in [0.717, 1.165) is 32.1 Å². The van der Waals surface area contributed by atoms with Crippen LogP contribution in [0.2, 0.25) is 0 Å². The molecule has 0 amide bonds. The van der Waals surface area contributed by atoms with Crippen LogP contribution in [-0.4, -0.2) is 50.4 Å². The van der Waals surface area contributed by atoms with Crippen LogP contribution in [0, 0.1) is 5.41 Å². The second kappa shape index (κ2) is 14.1. The third-order valence-corrected chi connectivity index (χ3v) is 5.95. The lowest BCUT2D eigenvalue weighted by Crippen LogP contribution is -2.62. The monoisotopic (exact) mass is 464 g/mol. The van der Waals surface area contributed by atoms with Crippen LogP contribution in [0.5, 0.6) is 0 Å². The van der Waals surface area contributed by atoms with Gasteiger partial charge >= 0.3 is 11.9 Å². The van der Waals surface area contributed by atoms with Gasteiger partial charge in [-0.2, -0.15) is 0 Å². The Morgan fingerprint density at radius 3 is 2.48 bits per heavy atom. The van der Waals surface area contributed by atoms with Crippen LogP contribution in [-0.2, 0) is 33.3 Å². The Morgan fingerprint density at radius 1 is 1.21 bits per heavy atom. The quantitative estimate of drug-likeness (QED) is 0.119. The van der Waals surface area contributed by atoms with Gasteiger partial charge in [0.05, 0.1) is 13.2 Å². The number of hydrogen-bond donors (Lipinski definition) is 0. The van der Waals surface area contributed by atoms with Crippen LogP contribution in [0.3, 0.4) is 0 Å². The first-order valence-corrected chi connectivity index (χ1v) is 11.7. The van der Waals surface area contributed by atoms with Gasteiger partial charge in [-0.15, -0.1) is 6.58 Å². The number of unbranched alkanes of at least 4 members (excludes halogenated alkanes) is 4. The Balaban J connectivity index is 3.39. The Hall–Kier alpha value is -2.25. The lowest BCUT2D eigenvalue weighted by Gasteiger charge is -2.52. The van der Waals surface area contributed by atoms with Crippen molar-refractivity contribution in [1.29, 1.82) is 0 Å². The van der Waals surface area contributed by atoms with Gasteiger partial charge in [0.25, 0.3) is 0 Å². The van der Waals surface area contributed by atoms with E-state index in [0.29, 0.717) is 24.7 Å². The summed E-state index contributed by atoms with van der Waals surface area (Å²) >= 11 is 0. The van der Waals surface area contributed by atoms with Crippen molar-refractivity contribution in [3.8, 4) is 0 Å². The van der Waals surface area contributed by atoms with Crippen LogP contribution < -0.4 is 0 Å². The van der Waals surface area contributed by atoms with Crippen molar-refractivity contribution in [3.05, 3.63) is 36.5 Å². The molecule has 0 radical (unpaired) electrons. The van der Waals surface area contributed by atoms with Gasteiger partial charge in [0, 0.05) is 25.0 Å². The van der Waals surface area contributed by atoms with Crippen molar-refractivity contribution >= 4 is 18.2 Å². The summed E-state index contributed by atoms with van der Waals surface area (Å²) in [6.07, 6.45) is 11.4. The van der Waals surface area contributed by atoms with Gasteiger partial charge in [-0.25, -0.2) is 4.79 Å². The minimum atomic E-state index is -1.48. The molecule has 1 aliphatic rings. The van der Waals surface area contributed by atoms with E-state index in [1.807, 2.05) is 13.8 Å². The van der Waals surface area contributed by atoms with Crippen molar-refractivity contribution in [2.75, 3.05) is 14.2 Å². The molecule has 0 aromatic heterocycles. The van der Waals surface area contributed by atoms with Gasteiger partial charge < -0.3 is 18.9 Å². The maximum atomic E-state index is 12.8. The van der Waals surface area contributed by atoms with Crippen molar-refractivity contribution in [2.24, 2.45) is 5.41 Å². The van der Waals surface area contributed by atoms with E-state index < -0.39 is 29.2 Å². The first-order valence-electron chi connectivity index (χ1n) is 11.7. The summed E-state index contributed by atoms with van der Waals surface area (Å²) in [6.45, 7) is 9.58. The van der Waals surface area contributed by atoms with Gasteiger partial charge in [-0.3, -0.25) is 9.59 Å². The third-order valence-electron chi connectivity index (χ3n) is 5.95. The van der Waals surface area contributed by atoms with E-state index in [1.165, 1.54) is 26.4 Å². The second-order valence-corrected chi connectivity index (χ2v) is 8.83. The lowest BCUT2D eigenvalue weighted by atomic mass is 9.74. The zero-order chi connectivity index (χ0) is 24.9. The van der Waals surface area contributed by atoms with E-state index in [4.69, 9.17) is 18.9 Å². The van der Waals surface area contributed by atoms with Gasteiger partial charge in [-0.1, -0.05) is 58.6 Å². The number of ether oxygens (including phenoxy) is 4. The molecule has 1 saturated heterocycles. The molecule has 0 aromatic carbocycles. The molecular weight excluding hydrogens is 424 g/mol. The van der Waals surface area contributed by atoms with Crippen molar-refractivity contribution in [1.82, 2.24) is 0 Å². The summed E-state index contributed by atoms with van der Waals surface area (Å²) < 4.78 is 23.1. The summed E-state index contributed by atoms with van der Waals surface area (Å²) in [5.41, 5.74) is -0.363. The molecule has 0 saturated carbocycles. The molecule has 0 N–H and O–H groups in total. The highest BCUT2D eigenvalue weighted by Gasteiger charge is 2.58. The molecule has 0 aliphatic carbocycles. The Kier molecular flexibility index (Phi) is 12.3. The van der Waals surface area contributed by atoms with E-state index in [1.54, 1.807) is 12.2 Å². The largest absolute Gasteiger partial charge is 0.466 e. The van der Waals surface area contributed by atoms with Crippen LogP contribution in [0.15, 0.2) is 36.5 Å². The smallest absolute Gasteiger partial charge is 0.330 e. The average molecular weight is 465 g/mol. The zero-order valence-electron chi connectivity index (χ0n) is 20.8. The molecule has 7 heteroatoms. The van der Waals surface area contributed by atoms with Gasteiger partial charge in [-0.05, 0) is 30.9 Å². The fourth-order valence-corrected chi connectivity index (χ4v) is 4.15. The normalized spacial score (nSPS) is 24.6. The van der Waals surface area contributed by atoms with Crippen LogP contribution in [0.25, 0.3) is 0 Å². The zero-order valence-corrected chi connectivity index (χ0v) is 20.8. The number of carbonyl (C=O) groups is 3. The number of rotatable bonds is 14. The predicted molar refractivity (Wildman–Crippen MR) is 126 cm³/mol. The van der Waals surface area contributed by atoms with Gasteiger partial charge in [0.2, 0.25) is 5.79 Å². The molecule has 33 heavy (non-hydrogen) atoms. The average Bonchev–Trinajstić information content (AvgIpc) is 2.78. The molecule has 0 aromatic rings. The summed E-state index contributed by atoms with van der Waals surface area (Å²) in [4.78, 5) is 36.1. The predicted octanol–water partition coefficient (Wildman–Crippen LogP) is 4.85. The first kappa shape index (κ1) is 28.8. The van der Waals surface area contributed by atoms with Crippen molar-refractivity contribution in [3.63, 3.8) is 0 Å². The van der Waals surface area contributed by atoms with E-state index in [-0.39, 0.29) is 12.5 Å². The molecule has 1 rings (SSSR count). The number of carbonyl (C=O) groups excluding carboxylic acids is 3. The standard InChI is InChI=1S/C26H40O7/c1-7-9-10-11-12-15-22(28)32-24-20(19-23(29)30-5)18-21(14-8-2)33-26(24,31-6)25(3,4)16-13-17-27/h8,13,16-17,19,21,24H,2,7,9-12,14-15,18H2,1,3-6H3/b16-13+,20-19+/t21-,24?,26-/m1/s1. The summed E-state index contributed by atoms with van der Waals surface area (Å²) in [6, 6.07) is 0. The minimum Gasteiger partial charge on any atom is -0.466 e. The molecule has 1 fully saturated rings. The van der Waals surface area contributed by atoms with Gasteiger partial charge in [0.1, 0.15) is 6.29 Å². The van der Waals surface area contributed by atoms with Crippen LogP contribution >= 0.6 is 0 Å². The van der Waals surface area contributed by atoms with Crippen molar-refractivity contribution in [2.45, 2.75) is 90.1 Å². The molecule has 0 bridgehead atoms. The molecule has 1 heterocycles. The Labute approximate surface area is 198 Å². The Bertz CT molecular complexity index is 722. The SMILES string of the molecule is C=CC[C@@H]1C/C(=C\C(=O)OC)C(OC(=O)CCCCCCC)[C@](OC)(C(C)(C)/C=C/C=O)O1. The first-order chi connectivity index (χ1) is 15.7. The Morgan fingerprint density at radius 2 is 1.91 bits per heavy atom. The number of methoxy groups -OCH3 is 2. The van der Waals surface area contributed by atoms with E-state index >= 15 is 0 Å². The number of aldehydes is 1. The van der Waals surface area contributed by atoms with Gasteiger partial charge in [0.15, 0.2) is 6.10 Å². The summed E-state index contributed by atoms with van der Waals surface area (Å²) in [5, 5.41) is 0. The fourth-order valence-electron chi connectivity index (χ4n) is 4.15. The molecule has 0 spiro atoms. The minimum absolute atomic E-state index is 0.256. The molecule has 186 valence electrons. The summed E-state index contributed by atoms with van der Waals surface area (Å²) in [5.74, 6) is -2.43. The number of hydrogen-bond acceptors (Lipinski definition) is 7. The topological polar surface area (TPSA) is 88.1 Å². The maximum absolute atomic E-state index is 12.8. The van der Waals surface area contributed by atoms with Crippen LogP contribution in [0.4, 0.5) is 0 Å².